The second kappa shape index (κ2) is 4.22. The number of hydrogen-bond donors (Lipinski definition) is 1. The lowest BCUT2D eigenvalue weighted by Gasteiger charge is -2.36. The van der Waals surface area contributed by atoms with Gasteiger partial charge in [0.2, 0.25) is 0 Å². The average molecular weight is 240 g/mol. The SMILES string of the molecule is CN1CCN(c2cccc(N)n2)c2ccccc21. The Morgan fingerprint density at radius 3 is 2.56 bits per heavy atom. The topological polar surface area (TPSA) is 45.4 Å². The molecule has 0 unspecified atom stereocenters. The van der Waals surface area contributed by atoms with Crippen LogP contribution in [0.3, 0.4) is 0 Å². The molecular weight excluding hydrogens is 224 g/mol. The molecule has 0 bridgehead atoms. The second-order valence-corrected chi connectivity index (χ2v) is 4.48. The molecule has 4 nitrogen and oxygen atoms in total. The van der Waals surface area contributed by atoms with Crippen molar-refractivity contribution in [1.29, 1.82) is 0 Å². The van der Waals surface area contributed by atoms with Crippen molar-refractivity contribution < 1.29 is 0 Å². The number of para-hydroxylation sites is 2. The minimum absolute atomic E-state index is 0.559. The minimum Gasteiger partial charge on any atom is -0.384 e. The molecule has 2 aromatic rings. The number of anilines is 4. The Kier molecular flexibility index (Phi) is 2.55. The minimum atomic E-state index is 0.559. The normalized spacial score (nSPS) is 14.5. The van der Waals surface area contributed by atoms with Crippen molar-refractivity contribution in [2.45, 2.75) is 0 Å². The van der Waals surface area contributed by atoms with Crippen LogP contribution in [0.25, 0.3) is 0 Å². The zero-order valence-electron chi connectivity index (χ0n) is 10.4. The fourth-order valence-electron chi connectivity index (χ4n) is 2.33. The Morgan fingerprint density at radius 2 is 1.78 bits per heavy atom. The van der Waals surface area contributed by atoms with Gasteiger partial charge in [0.05, 0.1) is 11.4 Å². The van der Waals surface area contributed by atoms with E-state index in [4.69, 9.17) is 5.73 Å². The Labute approximate surface area is 107 Å². The predicted molar refractivity (Wildman–Crippen MR) is 75.4 cm³/mol. The third-order valence-corrected chi connectivity index (χ3v) is 3.28. The summed E-state index contributed by atoms with van der Waals surface area (Å²) in [6.07, 6.45) is 0. The molecule has 2 N–H and O–H groups in total. The second-order valence-electron chi connectivity index (χ2n) is 4.48. The number of pyridine rings is 1. The van der Waals surface area contributed by atoms with Gasteiger partial charge in [-0.2, -0.15) is 0 Å². The first kappa shape index (κ1) is 10.9. The van der Waals surface area contributed by atoms with Crippen LogP contribution in [0.2, 0.25) is 0 Å². The smallest absolute Gasteiger partial charge is 0.135 e. The number of aromatic nitrogens is 1. The molecule has 3 rings (SSSR count). The van der Waals surface area contributed by atoms with Gasteiger partial charge in [-0.25, -0.2) is 4.98 Å². The highest BCUT2D eigenvalue weighted by molar-refractivity contribution is 5.78. The molecule has 1 aliphatic heterocycles. The molecule has 1 aromatic heterocycles. The van der Waals surface area contributed by atoms with Gasteiger partial charge in [0.1, 0.15) is 11.6 Å². The van der Waals surface area contributed by atoms with Crippen molar-refractivity contribution in [2.24, 2.45) is 0 Å². The molecule has 0 atom stereocenters. The van der Waals surface area contributed by atoms with Gasteiger partial charge < -0.3 is 15.5 Å². The molecule has 1 aromatic carbocycles. The molecule has 0 aliphatic carbocycles. The van der Waals surface area contributed by atoms with Crippen molar-refractivity contribution in [3.63, 3.8) is 0 Å². The quantitative estimate of drug-likeness (QED) is 0.830. The zero-order chi connectivity index (χ0) is 12.5. The monoisotopic (exact) mass is 240 g/mol. The van der Waals surface area contributed by atoms with Crippen LogP contribution in [-0.2, 0) is 0 Å². The van der Waals surface area contributed by atoms with Crippen molar-refractivity contribution in [3.8, 4) is 0 Å². The number of nitrogens with two attached hydrogens (primary N) is 1. The lowest BCUT2D eigenvalue weighted by atomic mass is 10.1. The Balaban J connectivity index is 2.07. The lowest BCUT2D eigenvalue weighted by molar-refractivity contribution is 0.814. The summed E-state index contributed by atoms with van der Waals surface area (Å²) in [6, 6.07) is 14.1. The average Bonchev–Trinajstić information content (AvgIpc) is 2.39. The Bertz CT molecular complexity index is 567. The molecule has 0 saturated carbocycles. The number of benzene rings is 1. The summed E-state index contributed by atoms with van der Waals surface area (Å²) >= 11 is 0. The summed E-state index contributed by atoms with van der Waals surface area (Å²) in [6.45, 7) is 1.90. The van der Waals surface area contributed by atoms with Gasteiger partial charge in [-0.1, -0.05) is 18.2 Å². The highest BCUT2D eigenvalue weighted by atomic mass is 15.3. The summed E-state index contributed by atoms with van der Waals surface area (Å²) in [5.41, 5.74) is 8.18. The fraction of sp³-hybridized carbons (Fsp3) is 0.214. The largest absolute Gasteiger partial charge is 0.384 e. The fourth-order valence-corrected chi connectivity index (χ4v) is 2.33. The van der Waals surface area contributed by atoms with Crippen LogP contribution >= 0.6 is 0 Å². The molecule has 0 amide bonds. The third kappa shape index (κ3) is 1.76. The summed E-state index contributed by atoms with van der Waals surface area (Å²) in [5, 5.41) is 0. The van der Waals surface area contributed by atoms with E-state index in [2.05, 4.69) is 46.1 Å². The van der Waals surface area contributed by atoms with E-state index in [1.165, 1.54) is 11.4 Å². The third-order valence-electron chi connectivity index (χ3n) is 3.28. The van der Waals surface area contributed by atoms with Crippen LogP contribution in [0.5, 0.6) is 0 Å². The van der Waals surface area contributed by atoms with E-state index in [1.54, 1.807) is 0 Å². The molecule has 18 heavy (non-hydrogen) atoms. The van der Waals surface area contributed by atoms with Crippen molar-refractivity contribution in [2.75, 3.05) is 35.7 Å². The maximum atomic E-state index is 5.76. The van der Waals surface area contributed by atoms with Gasteiger partial charge in [0.15, 0.2) is 0 Å². The summed E-state index contributed by atoms with van der Waals surface area (Å²) in [7, 11) is 2.11. The van der Waals surface area contributed by atoms with E-state index in [1.807, 2.05) is 18.2 Å². The number of nitrogens with zero attached hydrogens (tertiary/aromatic N) is 3. The number of rotatable bonds is 1. The molecule has 0 radical (unpaired) electrons. The van der Waals surface area contributed by atoms with E-state index < -0.39 is 0 Å². The molecule has 4 heteroatoms. The Hall–Kier alpha value is -2.23. The van der Waals surface area contributed by atoms with Crippen molar-refractivity contribution in [1.82, 2.24) is 4.98 Å². The van der Waals surface area contributed by atoms with Crippen LogP contribution in [0.1, 0.15) is 0 Å². The van der Waals surface area contributed by atoms with E-state index >= 15 is 0 Å². The van der Waals surface area contributed by atoms with Gasteiger partial charge in [0.25, 0.3) is 0 Å². The molecule has 1 aliphatic rings. The molecule has 92 valence electrons. The van der Waals surface area contributed by atoms with Crippen LogP contribution in [0.15, 0.2) is 42.5 Å². The van der Waals surface area contributed by atoms with E-state index in [0.717, 1.165) is 18.9 Å². The number of nitrogen functional groups attached to an aromatic ring is 1. The van der Waals surface area contributed by atoms with E-state index in [9.17, 15) is 0 Å². The maximum Gasteiger partial charge on any atom is 0.135 e. The van der Waals surface area contributed by atoms with Gasteiger partial charge in [-0.05, 0) is 24.3 Å². The predicted octanol–water partition coefficient (Wildman–Crippen LogP) is 2.25. The first-order chi connectivity index (χ1) is 8.75. The van der Waals surface area contributed by atoms with Crippen LogP contribution < -0.4 is 15.5 Å². The van der Waals surface area contributed by atoms with Crippen molar-refractivity contribution >= 4 is 23.0 Å². The number of fused-ring (bicyclic) bond motifs is 1. The van der Waals surface area contributed by atoms with Crippen molar-refractivity contribution in [3.05, 3.63) is 42.5 Å². The highest BCUT2D eigenvalue weighted by Crippen LogP contribution is 2.35. The number of likely N-dealkylation sites (N-methyl/N-ethyl adjacent to an activating group) is 1. The molecule has 0 spiro atoms. The van der Waals surface area contributed by atoms with Gasteiger partial charge in [-0.15, -0.1) is 0 Å². The summed E-state index contributed by atoms with van der Waals surface area (Å²) in [5.74, 6) is 1.47. The molecule has 2 heterocycles. The standard InChI is InChI=1S/C14H16N4/c1-17-9-10-18(12-6-3-2-5-11(12)17)14-8-4-7-13(15)16-14/h2-8H,9-10H2,1H3,(H2,15,16). The van der Waals surface area contributed by atoms with Gasteiger partial charge in [0, 0.05) is 20.1 Å². The first-order valence-corrected chi connectivity index (χ1v) is 6.06. The summed E-state index contributed by atoms with van der Waals surface area (Å²) < 4.78 is 0. The maximum absolute atomic E-state index is 5.76. The molecule has 0 fully saturated rings. The summed E-state index contributed by atoms with van der Waals surface area (Å²) in [4.78, 5) is 8.88. The first-order valence-electron chi connectivity index (χ1n) is 6.06. The van der Waals surface area contributed by atoms with E-state index in [0.29, 0.717) is 5.82 Å². The molecular formula is C14H16N4. The molecule has 0 saturated heterocycles. The lowest BCUT2D eigenvalue weighted by Crippen LogP contribution is -2.36. The van der Waals surface area contributed by atoms with Gasteiger partial charge >= 0.3 is 0 Å². The highest BCUT2D eigenvalue weighted by Gasteiger charge is 2.21. The van der Waals surface area contributed by atoms with E-state index in [-0.39, 0.29) is 0 Å². The number of hydrogen-bond acceptors (Lipinski definition) is 4. The van der Waals surface area contributed by atoms with Crippen LogP contribution in [-0.4, -0.2) is 25.1 Å². The van der Waals surface area contributed by atoms with Crippen LogP contribution in [0.4, 0.5) is 23.0 Å². The van der Waals surface area contributed by atoms with Crippen LogP contribution in [0, 0.1) is 0 Å². The van der Waals surface area contributed by atoms with Gasteiger partial charge in [-0.3, -0.25) is 0 Å². The Morgan fingerprint density at radius 1 is 1.00 bits per heavy atom. The zero-order valence-corrected chi connectivity index (χ0v) is 10.4.